The normalized spacial score (nSPS) is 10.9. The van der Waals surface area contributed by atoms with Crippen molar-refractivity contribution in [2.75, 3.05) is 103 Å². The van der Waals surface area contributed by atoms with Crippen LogP contribution >= 0.6 is 22.6 Å². The maximum absolute atomic E-state index is 8.08. The molecule has 0 aliphatic carbocycles. The van der Waals surface area contributed by atoms with Gasteiger partial charge >= 0.3 is 0 Å². The fourth-order valence-corrected chi connectivity index (χ4v) is 1.94. The van der Waals surface area contributed by atoms with Gasteiger partial charge in [-0.25, -0.2) is 0 Å². The van der Waals surface area contributed by atoms with E-state index in [-0.39, 0.29) is 0 Å². The summed E-state index contributed by atoms with van der Waals surface area (Å²) in [6.07, 6.45) is 0. The van der Waals surface area contributed by atoms with Crippen molar-refractivity contribution in [2.45, 2.75) is 0 Å². The van der Waals surface area contributed by atoms with Crippen LogP contribution in [0.4, 0.5) is 0 Å². The SMILES string of the molecule is [N-]=[N+]=NCCOCCOCCOCCOCCOCCOCCOCCI. The van der Waals surface area contributed by atoms with Crippen molar-refractivity contribution >= 4 is 22.6 Å². The second-order valence-corrected chi connectivity index (χ2v) is 6.01. The van der Waals surface area contributed by atoms with Crippen LogP contribution in [0.25, 0.3) is 10.4 Å². The number of nitrogens with zero attached hydrogens (tertiary/aromatic N) is 3. The van der Waals surface area contributed by atoms with E-state index in [4.69, 9.17) is 38.7 Å². The minimum Gasteiger partial charge on any atom is -0.379 e. The third-order valence-electron chi connectivity index (χ3n) is 2.85. The molecule has 0 saturated carbocycles. The molecule has 0 aliphatic rings. The van der Waals surface area contributed by atoms with Crippen LogP contribution in [0.3, 0.4) is 0 Å². The number of halogens is 1. The van der Waals surface area contributed by atoms with Gasteiger partial charge in [0.2, 0.25) is 0 Å². The van der Waals surface area contributed by atoms with Crippen molar-refractivity contribution in [2.24, 2.45) is 5.11 Å². The zero-order valence-corrected chi connectivity index (χ0v) is 18.0. The van der Waals surface area contributed by atoms with Gasteiger partial charge in [0.05, 0.1) is 92.5 Å². The van der Waals surface area contributed by atoms with E-state index in [1.807, 2.05) is 0 Å². The second kappa shape index (κ2) is 25.8. The van der Waals surface area contributed by atoms with E-state index in [1.165, 1.54) is 0 Å². The van der Waals surface area contributed by atoms with Crippen LogP contribution in [0, 0.1) is 0 Å². The first-order valence-electron chi connectivity index (χ1n) is 9.02. The Morgan fingerprint density at radius 2 is 0.815 bits per heavy atom. The first-order chi connectivity index (χ1) is 13.4. The highest BCUT2D eigenvalue weighted by Crippen LogP contribution is 1.86. The number of rotatable bonds is 23. The van der Waals surface area contributed by atoms with Gasteiger partial charge < -0.3 is 33.2 Å². The van der Waals surface area contributed by atoms with E-state index in [0.717, 1.165) is 11.0 Å². The summed E-state index contributed by atoms with van der Waals surface area (Å²) in [6, 6.07) is 0. The van der Waals surface area contributed by atoms with Gasteiger partial charge in [0.25, 0.3) is 0 Å². The standard InChI is InChI=1S/C16H32IN3O7/c17-1-3-21-5-7-23-9-11-25-13-15-27-16-14-26-12-10-24-8-6-22-4-2-19-20-18/h1-16H2. The Morgan fingerprint density at radius 3 is 1.11 bits per heavy atom. The fraction of sp³-hybridized carbons (Fsp3) is 1.00. The van der Waals surface area contributed by atoms with Gasteiger partial charge in [-0.3, -0.25) is 0 Å². The highest BCUT2D eigenvalue weighted by atomic mass is 127. The van der Waals surface area contributed by atoms with Crippen molar-refractivity contribution < 1.29 is 33.2 Å². The van der Waals surface area contributed by atoms with E-state index in [1.54, 1.807) is 0 Å². The molecule has 0 radical (unpaired) electrons. The van der Waals surface area contributed by atoms with Crippen LogP contribution < -0.4 is 0 Å². The number of ether oxygens (including phenoxy) is 7. The lowest BCUT2D eigenvalue weighted by Crippen LogP contribution is -2.14. The summed E-state index contributed by atoms with van der Waals surface area (Å²) < 4.78 is 38.3. The molecule has 0 aromatic carbocycles. The number of azide groups is 1. The molecular weight excluding hydrogens is 473 g/mol. The largest absolute Gasteiger partial charge is 0.379 e. The molecule has 0 rings (SSSR count). The predicted molar refractivity (Wildman–Crippen MR) is 109 cm³/mol. The van der Waals surface area contributed by atoms with Gasteiger partial charge in [0.1, 0.15) is 0 Å². The topological polar surface area (TPSA) is 113 Å². The molecule has 0 atom stereocenters. The minimum absolute atomic E-state index is 0.340. The van der Waals surface area contributed by atoms with Crippen molar-refractivity contribution in [3.63, 3.8) is 0 Å². The first kappa shape index (κ1) is 26.8. The molecule has 27 heavy (non-hydrogen) atoms. The van der Waals surface area contributed by atoms with Gasteiger partial charge in [-0.15, -0.1) is 0 Å². The Balaban J connectivity index is 2.98. The number of hydrogen-bond acceptors (Lipinski definition) is 8. The lowest BCUT2D eigenvalue weighted by atomic mass is 10.6. The average Bonchev–Trinajstić information content (AvgIpc) is 2.68. The fourth-order valence-electron chi connectivity index (χ4n) is 1.63. The summed E-state index contributed by atoms with van der Waals surface area (Å²) in [5.41, 5.74) is 8.08. The Labute approximate surface area is 174 Å². The van der Waals surface area contributed by atoms with E-state index in [9.17, 15) is 0 Å². The minimum atomic E-state index is 0.340. The highest BCUT2D eigenvalue weighted by molar-refractivity contribution is 14.1. The lowest BCUT2D eigenvalue weighted by Gasteiger charge is -2.08. The Bertz CT molecular complexity index is 337. The van der Waals surface area contributed by atoms with Crippen molar-refractivity contribution in [3.05, 3.63) is 10.4 Å². The molecular formula is C16H32IN3O7. The zero-order chi connectivity index (χ0) is 19.7. The summed E-state index contributed by atoms with van der Waals surface area (Å²) in [5, 5.41) is 3.36. The van der Waals surface area contributed by atoms with Crippen molar-refractivity contribution in [1.29, 1.82) is 0 Å². The molecule has 0 saturated heterocycles. The first-order valence-corrected chi connectivity index (χ1v) is 10.6. The molecule has 0 heterocycles. The molecule has 0 N–H and O–H groups in total. The quantitative estimate of drug-likeness (QED) is 0.0520. The maximum atomic E-state index is 8.08. The van der Waals surface area contributed by atoms with E-state index < -0.39 is 0 Å². The van der Waals surface area contributed by atoms with Crippen LogP contribution in [0.5, 0.6) is 0 Å². The van der Waals surface area contributed by atoms with Gasteiger partial charge in [-0.1, -0.05) is 27.7 Å². The molecule has 0 amide bonds. The lowest BCUT2D eigenvalue weighted by molar-refractivity contribution is -0.0197. The van der Waals surface area contributed by atoms with Gasteiger partial charge in [-0.05, 0) is 5.53 Å². The third-order valence-corrected chi connectivity index (χ3v) is 3.29. The van der Waals surface area contributed by atoms with Crippen LogP contribution in [0.15, 0.2) is 5.11 Å². The molecule has 0 bridgehead atoms. The highest BCUT2D eigenvalue weighted by Gasteiger charge is 1.94. The number of hydrogen-bond donors (Lipinski definition) is 0. The van der Waals surface area contributed by atoms with Crippen LogP contribution in [0.1, 0.15) is 0 Å². The molecule has 0 fully saturated rings. The van der Waals surface area contributed by atoms with E-state index >= 15 is 0 Å². The molecule has 0 aromatic heterocycles. The molecule has 0 unspecified atom stereocenters. The van der Waals surface area contributed by atoms with Gasteiger partial charge in [0.15, 0.2) is 0 Å². The molecule has 0 spiro atoms. The van der Waals surface area contributed by atoms with Crippen LogP contribution in [-0.4, -0.2) is 103 Å². The van der Waals surface area contributed by atoms with Crippen LogP contribution in [-0.2, 0) is 33.2 Å². The molecule has 0 aliphatic heterocycles. The molecule has 11 heteroatoms. The molecule has 10 nitrogen and oxygen atoms in total. The van der Waals surface area contributed by atoms with Crippen molar-refractivity contribution in [3.8, 4) is 0 Å². The molecule has 0 aromatic rings. The summed E-state index contributed by atoms with van der Waals surface area (Å²) in [7, 11) is 0. The van der Waals surface area contributed by atoms with E-state index in [2.05, 4.69) is 32.6 Å². The average molecular weight is 505 g/mol. The Hall–Kier alpha value is -0.240. The summed E-state index contributed by atoms with van der Waals surface area (Å²) in [4.78, 5) is 2.63. The monoisotopic (exact) mass is 505 g/mol. The maximum Gasteiger partial charge on any atom is 0.0701 e. The summed E-state index contributed by atoms with van der Waals surface area (Å²) in [6.45, 7) is 7.96. The van der Waals surface area contributed by atoms with Gasteiger partial charge in [-0.2, -0.15) is 0 Å². The zero-order valence-electron chi connectivity index (χ0n) is 15.9. The van der Waals surface area contributed by atoms with Crippen molar-refractivity contribution in [1.82, 2.24) is 0 Å². The summed E-state index contributed by atoms with van der Waals surface area (Å²) in [5.74, 6) is 0. The number of alkyl halides is 1. The Morgan fingerprint density at radius 1 is 0.519 bits per heavy atom. The molecule has 160 valence electrons. The third kappa shape index (κ3) is 25.8. The smallest absolute Gasteiger partial charge is 0.0701 e. The predicted octanol–water partition coefficient (Wildman–Crippen LogP) is 1.85. The Kier molecular flexibility index (Phi) is 25.5. The summed E-state index contributed by atoms with van der Waals surface area (Å²) >= 11 is 2.27. The second-order valence-electron chi connectivity index (χ2n) is 4.93. The van der Waals surface area contributed by atoms with Gasteiger partial charge in [0, 0.05) is 15.9 Å². The van der Waals surface area contributed by atoms with Crippen LogP contribution in [0.2, 0.25) is 0 Å². The van der Waals surface area contributed by atoms with E-state index in [0.29, 0.717) is 92.4 Å².